The first kappa shape index (κ1) is 9.92. The normalized spacial score (nSPS) is 10.5. The van der Waals surface area contributed by atoms with Gasteiger partial charge < -0.3 is 10.6 Å². The lowest BCUT2D eigenvalue weighted by molar-refractivity contribution is 0.100. The zero-order chi connectivity index (χ0) is 11.0. The number of nitrogens with zero attached hydrogens (tertiary/aromatic N) is 2. The van der Waals surface area contributed by atoms with Gasteiger partial charge >= 0.3 is 0 Å². The summed E-state index contributed by atoms with van der Waals surface area (Å²) in [5.74, 6) is 0.477. The van der Waals surface area contributed by atoms with Crippen LogP contribution in [-0.2, 0) is 0 Å². The number of primary amides is 1. The standard InChI is InChI=1S/C10H11N3OS/c1-13(2)8-4-3-6-5-7(9(11)14)15-10(6)12-8/h3-5H,1-2H3,(H2,11,14). The van der Waals surface area contributed by atoms with E-state index >= 15 is 0 Å². The third-order valence-corrected chi connectivity index (χ3v) is 3.13. The van der Waals surface area contributed by atoms with Gasteiger partial charge in [-0.2, -0.15) is 0 Å². The Morgan fingerprint density at radius 1 is 1.47 bits per heavy atom. The fourth-order valence-corrected chi connectivity index (χ4v) is 2.16. The van der Waals surface area contributed by atoms with Gasteiger partial charge in [-0.3, -0.25) is 4.79 Å². The molecule has 2 aromatic rings. The van der Waals surface area contributed by atoms with Crippen LogP contribution < -0.4 is 10.6 Å². The highest BCUT2D eigenvalue weighted by molar-refractivity contribution is 7.20. The van der Waals surface area contributed by atoms with Gasteiger partial charge in [0.2, 0.25) is 0 Å². The highest BCUT2D eigenvalue weighted by Crippen LogP contribution is 2.25. The molecule has 0 aromatic carbocycles. The molecule has 2 N–H and O–H groups in total. The van der Waals surface area contributed by atoms with E-state index in [4.69, 9.17) is 5.73 Å². The summed E-state index contributed by atoms with van der Waals surface area (Å²) in [6, 6.07) is 5.63. The number of nitrogens with two attached hydrogens (primary N) is 1. The van der Waals surface area contributed by atoms with Crippen LogP contribution in [0.4, 0.5) is 5.82 Å². The van der Waals surface area contributed by atoms with E-state index in [0.29, 0.717) is 4.88 Å². The van der Waals surface area contributed by atoms with Gasteiger partial charge in [-0.25, -0.2) is 4.98 Å². The predicted octanol–water partition coefficient (Wildman–Crippen LogP) is 1.46. The number of fused-ring (bicyclic) bond motifs is 1. The second-order valence-electron chi connectivity index (χ2n) is 3.43. The third-order valence-electron chi connectivity index (χ3n) is 2.07. The summed E-state index contributed by atoms with van der Waals surface area (Å²) < 4.78 is 0. The molecule has 0 aliphatic carbocycles. The number of carbonyl (C=O) groups excluding carboxylic acids is 1. The molecule has 0 saturated heterocycles. The van der Waals surface area contributed by atoms with Crippen molar-refractivity contribution in [1.82, 2.24) is 4.98 Å². The third kappa shape index (κ3) is 1.78. The molecule has 1 amide bonds. The van der Waals surface area contributed by atoms with Crippen LogP contribution in [0.25, 0.3) is 10.2 Å². The van der Waals surface area contributed by atoms with E-state index in [1.165, 1.54) is 11.3 Å². The molecule has 4 nitrogen and oxygen atoms in total. The summed E-state index contributed by atoms with van der Waals surface area (Å²) in [5.41, 5.74) is 5.21. The predicted molar refractivity (Wildman–Crippen MR) is 62.5 cm³/mol. The lowest BCUT2D eigenvalue weighted by atomic mass is 10.3. The van der Waals surface area contributed by atoms with Crippen LogP contribution in [0.5, 0.6) is 0 Å². The van der Waals surface area contributed by atoms with E-state index in [2.05, 4.69) is 4.98 Å². The van der Waals surface area contributed by atoms with E-state index in [1.807, 2.05) is 31.1 Å². The van der Waals surface area contributed by atoms with Crippen molar-refractivity contribution in [3.05, 3.63) is 23.1 Å². The smallest absolute Gasteiger partial charge is 0.258 e. The molecule has 0 fully saturated rings. The molecule has 0 atom stereocenters. The summed E-state index contributed by atoms with van der Waals surface area (Å²) in [6.45, 7) is 0. The van der Waals surface area contributed by atoms with Crippen LogP contribution in [-0.4, -0.2) is 25.0 Å². The van der Waals surface area contributed by atoms with Gasteiger partial charge in [0.1, 0.15) is 10.6 Å². The van der Waals surface area contributed by atoms with Gasteiger partial charge in [0, 0.05) is 19.5 Å². The molecular weight excluding hydrogens is 210 g/mol. The second-order valence-corrected chi connectivity index (χ2v) is 4.46. The van der Waals surface area contributed by atoms with Gasteiger partial charge in [-0.1, -0.05) is 0 Å². The average molecular weight is 221 g/mol. The van der Waals surface area contributed by atoms with Crippen LogP contribution in [0, 0.1) is 0 Å². The molecule has 0 spiro atoms. The van der Waals surface area contributed by atoms with Crippen molar-refractivity contribution in [2.45, 2.75) is 0 Å². The van der Waals surface area contributed by atoms with Crippen molar-refractivity contribution in [3.63, 3.8) is 0 Å². The number of hydrogen-bond acceptors (Lipinski definition) is 4. The largest absolute Gasteiger partial charge is 0.365 e. The van der Waals surface area contributed by atoms with Crippen molar-refractivity contribution >= 4 is 33.3 Å². The maximum Gasteiger partial charge on any atom is 0.258 e. The van der Waals surface area contributed by atoms with Gasteiger partial charge in [-0.15, -0.1) is 11.3 Å². The molecule has 0 unspecified atom stereocenters. The van der Waals surface area contributed by atoms with E-state index in [-0.39, 0.29) is 0 Å². The summed E-state index contributed by atoms with van der Waals surface area (Å²) in [4.78, 5) is 18.7. The fraction of sp³-hybridized carbons (Fsp3) is 0.200. The Morgan fingerprint density at radius 2 is 2.20 bits per heavy atom. The van der Waals surface area contributed by atoms with Gasteiger partial charge in [0.25, 0.3) is 5.91 Å². The van der Waals surface area contributed by atoms with Crippen LogP contribution in [0.3, 0.4) is 0 Å². The Morgan fingerprint density at radius 3 is 2.80 bits per heavy atom. The number of anilines is 1. The molecule has 5 heteroatoms. The quantitative estimate of drug-likeness (QED) is 0.835. The molecule has 2 aromatic heterocycles. The molecule has 0 bridgehead atoms. The molecule has 0 radical (unpaired) electrons. The summed E-state index contributed by atoms with van der Waals surface area (Å²) in [5, 5.41) is 0.958. The Labute approximate surface area is 91.3 Å². The van der Waals surface area contributed by atoms with Crippen molar-refractivity contribution < 1.29 is 4.79 Å². The average Bonchev–Trinajstić information content (AvgIpc) is 2.59. The molecule has 15 heavy (non-hydrogen) atoms. The number of hydrogen-bond donors (Lipinski definition) is 1. The lowest BCUT2D eigenvalue weighted by Crippen LogP contribution is -2.09. The van der Waals surface area contributed by atoms with Gasteiger partial charge in [-0.05, 0) is 18.2 Å². The van der Waals surface area contributed by atoms with Gasteiger partial charge in [0.05, 0.1) is 4.88 Å². The first-order valence-corrected chi connectivity index (χ1v) is 5.27. The molecule has 2 heterocycles. The summed E-state index contributed by atoms with van der Waals surface area (Å²) in [6.07, 6.45) is 0. The highest BCUT2D eigenvalue weighted by Gasteiger charge is 2.08. The van der Waals surface area contributed by atoms with E-state index < -0.39 is 5.91 Å². The maximum atomic E-state index is 11.0. The number of aromatic nitrogens is 1. The Bertz CT molecular complexity index is 518. The second kappa shape index (κ2) is 3.51. The van der Waals surface area contributed by atoms with Crippen molar-refractivity contribution in [2.24, 2.45) is 5.73 Å². The van der Waals surface area contributed by atoms with Gasteiger partial charge in [0.15, 0.2) is 0 Å². The van der Waals surface area contributed by atoms with Crippen molar-refractivity contribution in [2.75, 3.05) is 19.0 Å². The van der Waals surface area contributed by atoms with Crippen LogP contribution >= 0.6 is 11.3 Å². The molecule has 0 aliphatic heterocycles. The zero-order valence-electron chi connectivity index (χ0n) is 8.52. The van der Waals surface area contributed by atoms with Crippen molar-refractivity contribution in [3.8, 4) is 0 Å². The number of amides is 1. The Hall–Kier alpha value is -1.62. The van der Waals surface area contributed by atoms with E-state index in [0.717, 1.165) is 16.0 Å². The first-order valence-electron chi connectivity index (χ1n) is 4.45. The molecule has 0 saturated carbocycles. The number of carbonyl (C=O) groups is 1. The van der Waals surface area contributed by atoms with Crippen molar-refractivity contribution in [1.29, 1.82) is 0 Å². The van der Waals surface area contributed by atoms with Crippen LogP contribution in [0.1, 0.15) is 9.67 Å². The topological polar surface area (TPSA) is 59.2 Å². The molecular formula is C10H11N3OS. The number of rotatable bonds is 2. The number of pyridine rings is 1. The molecule has 78 valence electrons. The Balaban J connectivity index is 2.57. The first-order chi connectivity index (χ1) is 7.08. The zero-order valence-corrected chi connectivity index (χ0v) is 9.34. The molecule has 0 aliphatic rings. The van der Waals surface area contributed by atoms with E-state index in [1.54, 1.807) is 6.07 Å². The van der Waals surface area contributed by atoms with E-state index in [9.17, 15) is 4.79 Å². The highest BCUT2D eigenvalue weighted by atomic mass is 32.1. The summed E-state index contributed by atoms with van der Waals surface area (Å²) in [7, 11) is 3.85. The fourth-order valence-electron chi connectivity index (χ4n) is 1.28. The number of thiophene rings is 1. The minimum atomic E-state index is -0.399. The van der Waals surface area contributed by atoms with Crippen LogP contribution in [0.2, 0.25) is 0 Å². The maximum absolute atomic E-state index is 11.0. The minimum Gasteiger partial charge on any atom is -0.365 e. The Kier molecular flexibility index (Phi) is 2.32. The summed E-state index contributed by atoms with van der Waals surface area (Å²) >= 11 is 1.32. The lowest BCUT2D eigenvalue weighted by Gasteiger charge is -2.09. The monoisotopic (exact) mass is 221 g/mol. The van der Waals surface area contributed by atoms with Crippen LogP contribution in [0.15, 0.2) is 18.2 Å². The minimum absolute atomic E-state index is 0.399. The molecule has 2 rings (SSSR count). The SMILES string of the molecule is CN(C)c1ccc2cc(C(N)=O)sc2n1.